The topological polar surface area (TPSA) is 115 Å². The second-order valence-electron chi connectivity index (χ2n) is 5.53. The van der Waals surface area contributed by atoms with Crippen molar-refractivity contribution in [2.45, 2.75) is 39.3 Å². The monoisotopic (exact) mass is 305 g/mol. The van der Waals surface area contributed by atoms with Gasteiger partial charge in [-0.15, -0.1) is 0 Å². The molecule has 0 bridgehead atoms. The van der Waals surface area contributed by atoms with Crippen molar-refractivity contribution in [2.24, 2.45) is 11.7 Å². The van der Waals surface area contributed by atoms with Gasteiger partial charge in [0.25, 0.3) is 5.91 Å². The van der Waals surface area contributed by atoms with Gasteiger partial charge in [0.05, 0.1) is 17.6 Å². The van der Waals surface area contributed by atoms with Crippen molar-refractivity contribution in [1.82, 2.24) is 5.32 Å². The molecule has 22 heavy (non-hydrogen) atoms. The number of anilines is 1. The quantitative estimate of drug-likeness (QED) is 0.511. The van der Waals surface area contributed by atoms with Crippen LogP contribution in [0.25, 0.3) is 0 Å². The number of hydrogen-bond acceptors (Lipinski definition) is 5. The molecule has 2 atom stereocenters. The molecule has 0 radical (unpaired) electrons. The lowest BCUT2D eigenvalue weighted by molar-refractivity contribution is -0.139. The second kappa shape index (κ2) is 7.70. The van der Waals surface area contributed by atoms with Crippen molar-refractivity contribution in [1.29, 1.82) is 0 Å². The number of rotatable bonds is 7. The Balaban J connectivity index is 2.94. The Morgan fingerprint density at radius 3 is 2.23 bits per heavy atom. The van der Waals surface area contributed by atoms with E-state index in [-0.39, 0.29) is 11.5 Å². The third-order valence-electron chi connectivity index (χ3n) is 3.46. The molecule has 1 amide bonds. The van der Waals surface area contributed by atoms with Crippen LogP contribution in [0, 0.1) is 5.92 Å². The van der Waals surface area contributed by atoms with Crippen LogP contribution in [0.5, 0.6) is 0 Å². The van der Waals surface area contributed by atoms with Crippen molar-refractivity contribution in [3.8, 4) is 0 Å². The summed E-state index contributed by atoms with van der Waals surface area (Å²) in [5.41, 5.74) is 11.9. The molecule has 1 aromatic rings. The Morgan fingerprint density at radius 2 is 1.73 bits per heavy atom. The highest BCUT2D eigenvalue weighted by molar-refractivity contribution is 6.41. The summed E-state index contributed by atoms with van der Waals surface area (Å²) < 4.78 is 0. The molecule has 5 N–H and O–H groups in total. The first-order valence-corrected chi connectivity index (χ1v) is 7.28. The van der Waals surface area contributed by atoms with Gasteiger partial charge in [0.1, 0.15) is 0 Å². The van der Waals surface area contributed by atoms with Gasteiger partial charge in [-0.3, -0.25) is 14.4 Å². The second-order valence-corrected chi connectivity index (χ2v) is 5.53. The van der Waals surface area contributed by atoms with Crippen LogP contribution in [0.2, 0.25) is 0 Å². The molecular formula is C16H23N3O3. The van der Waals surface area contributed by atoms with Crippen LogP contribution in [0.4, 0.5) is 5.69 Å². The van der Waals surface area contributed by atoms with Gasteiger partial charge in [0.15, 0.2) is 0 Å². The van der Waals surface area contributed by atoms with Crippen LogP contribution in [-0.2, 0) is 9.59 Å². The first-order valence-electron chi connectivity index (χ1n) is 7.28. The fourth-order valence-electron chi connectivity index (χ4n) is 1.98. The molecule has 1 rings (SSSR count). The number of nitrogens with one attached hydrogen (secondary N) is 1. The molecule has 0 spiro atoms. The molecule has 0 aliphatic carbocycles. The lowest BCUT2D eigenvalue weighted by Gasteiger charge is -2.22. The Labute approximate surface area is 130 Å². The summed E-state index contributed by atoms with van der Waals surface area (Å²) in [4.78, 5) is 36.5. The van der Waals surface area contributed by atoms with Gasteiger partial charge in [-0.2, -0.15) is 0 Å². The largest absolute Gasteiger partial charge is 0.398 e. The van der Waals surface area contributed by atoms with Crippen LogP contribution in [-0.4, -0.2) is 29.6 Å². The van der Waals surface area contributed by atoms with Crippen molar-refractivity contribution in [3.05, 3.63) is 29.8 Å². The van der Waals surface area contributed by atoms with Gasteiger partial charge in [-0.1, -0.05) is 32.9 Å². The highest BCUT2D eigenvalue weighted by atomic mass is 16.2. The van der Waals surface area contributed by atoms with Gasteiger partial charge < -0.3 is 16.8 Å². The van der Waals surface area contributed by atoms with Crippen molar-refractivity contribution < 1.29 is 14.4 Å². The Hall–Kier alpha value is -2.21. The summed E-state index contributed by atoms with van der Waals surface area (Å²) in [6.07, 6.45) is 0.370. The molecule has 6 nitrogen and oxygen atoms in total. The maximum absolute atomic E-state index is 12.3. The van der Waals surface area contributed by atoms with Gasteiger partial charge in [0.2, 0.25) is 11.6 Å². The van der Waals surface area contributed by atoms with Gasteiger partial charge in [0, 0.05) is 5.69 Å². The number of hydrogen-bond donors (Lipinski definition) is 3. The van der Waals surface area contributed by atoms with E-state index in [1.807, 2.05) is 0 Å². The minimum Gasteiger partial charge on any atom is -0.398 e. The molecular weight excluding hydrogens is 282 g/mol. The molecule has 0 saturated heterocycles. The number of nitrogens with two attached hydrogens (primary N) is 2. The highest BCUT2D eigenvalue weighted by Crippen LogP contribution is 2.12. The summed E-state index contributed by atoms with van der Waals surface area (Å²) in [6, 6.07) is 4.78. The molecule has 0 fully saturated rings. The average molecular weight is 305 g/mol. The van der Waals surface area contributed by atoms with E-state index in [4.69, 9.17) is 11.5 Å². The molecule has 1 unspecified atom stereocenters. The number of carbonyl (C=O) groups is 3. The predicted octanol–water partition coefficient (Wildman–Crippen LogP) is 0.899. The van der Waals surface area contributed by atoms with Crippen molar-refractivity contribution in [3.63, 3.8) is 0 Å². The van der Waals surface area contributed by atoms with Crippen LogP contribution in [0.15, 0.2) is 24.3 Å². The van der Waals surface area contributed by atoms with E-state index in [9.17, 15) is 14.4 Å². The van der Waals surface area contributed by atoms with Crippen LogP contribution in [0.1, 0.15) is 37.6 Å². The number of Topliss-reactive ketones (excluding diaryl/α,β-unsaturated/α-hetero) is 2. The average Bonchev–Trinajstić information content (AvgIpc) is 2.50. The molecule has 0 saturated carbocycles. The predicted molar refractivity (Wildman–Crippen MR) is 85.2 cm³/mol. The summed E-state index contributed by atoms with van der Waals surface area (Å²) in [5.74, 6) is -2.06. The first-order chi connectivity index (χ1) is 10.3. The standard InChI is InChI=1S/C16H23N3O3/c1-4-11(17)14(20)15(21)13(9(2)3)19-16(22)10-7-5-6-8-12(10)18/h5-9,11,13H,4,17-18H2,1-3H3,(H,19,22)/t11?,13-/m0/s1. The van der Waals surface area contributed by atoms with Crippen molar-refractivity contribution >= 4 is 23.2 Å². The maximum atomic E-state index is 12.3. The molecule has 0 aliphatic rings. The third-order valence-corrected chi connectivity index (χ3v) is 3.46. The normalized spacial score (nSPS) is 13.5. The smallest absolute Gasteiger partial charge is 0.253 e. The fraction of sp³-hybridized carbons (Fsp3) is 0.438. The fourth-order valence-corrected chi connectivity index (χ4v) is 1.98. The summed E-state index contributed by atoms with van der Waals surface area (Å²) in [7, 11) is 0. The zero-order valence-electron chi connectivity index (χ0n) is 13.1. The minimum absolute atomic E-state index is 0.241. The molecule has 0 aliphatic heterocycles. The number of ketones is 2. The number of benzene rings is 1. The van der Waals surface area contributed by atoms with E-state index in [1.54, 1.807) is 45.0 Å². The Bertz CT molecular complexity index is 570. The van der Waals surface area contributed by atoms with Crippen LogP contribution >= 0.6 is 0 Å². The molecule has 6 heteroatoms. The maximum Gasteiger partial charge on any atom is 0.253 e. The Kier molecular flexibility index (Phi) is 6.24. The lowest BCUT2D eigenvalue weighted by atomic mass is 9.93. The van der Waals surface area contributed by atoms with Gasteiger partial charge >= 0.3 is 0 Å². The third kappa shape index (κ3) is 4.14. The summed E-state index contributed by atoms with van der Waals surface area (Å²) >= 11 is 0. The number of para-hydroxylation sites is 1. The molecule has 0 aromatic heterocycles. The summed E-state index contributed by atoms with van der Waals surface area (Å²) in [5, 5.41) is 2.59. The zero-order valence-corrected chi connectivity index (χ0v) is 13.1. The van der Waals surface area contributed by atoms with Crippen molar-refractivity contribution in [2.75, 3.05) is 5.73 Å². The Morgan fingerprint density at radius 1 is 1.14 bits per heavy atom. The van der Waals surface area contributed by atoms with Gasteiger partial charge in [-0.05, 0) is 24.5 Å². The van der Waals surface area contributed by atoms with Crippen LogP contribution in [0.3, 0.4) is 0 Å². The first kappa shape index (κ1) is 17.8. The minimum atomic E-state index is -0.919. The van der Waals surface area contributed by atoms with Crippen LogP contribution < -0.4 is 16.8 Å². The van der Waals surface area contributed by atoms with E-state index < -0.39 is 29.6 Å². The number of carbonyl (C=O) groups excluding carboxylic acids is 3. The number of nitrogen functional groups attached to an aromatic ring is 1. The molecule has 0 heterocycles. The van der Waals surface area contributed by atoms with E-state index in [0.29, 0.717) is 12.1 Å². The van der Waals surface area contributed by atoms with E-state index in [1.165, 1.54) is 0 Å². The van der Waals surface area contributed by atoms with E-state index in [2.05, 4.69) is 5.32 Å². The van der Waals surface area contributed by atoms with Gasteiger partial charge in [-0.25, -0.2) is 0 Å². The lowest BCUT2D eigenvalue weighted by Crippen LogP contribution is -2.50. The zero-order chi connectivity index (χ0) is 16.9. The van der Waals surface area contributed by atoms with E-state index >= 15 is 0 Å². The SMILES string of the molecule is CCC(N)C(=O)C(=O)[C@@H](NC(=O)c1ccccc1N)C(C)C. The number of amides is 1. The highest BCUT2D eigenvalue weighted by Gasteiger charge is 2.32. The molecule has 120 valence electrons. The summed E-state index contributed by atoms with van der Waals surface area (Å²) in [6.45, 7) is 5.23. The molecule has 1 aromatic carbocycles. The van der Waals surface area contributed by atoms with E-state index in [0.717, 1.165) is 0 Å².